The number of carbonyl (C=O) groups is 8. The molecular formula is C72H102O18. The van der Waals surface area contributed by atoms with E-state index < -0.39 is 23.9 Å². The highest BCUT2D eigenvalue weighted by molar-refractivity contribution is 5.88. The number of rotatable bonds is 26. The Morgan fingerprint density at radius 1 is 0.444 bits per heavy atom. The van der Waals surface area contributed by atoms with Crippen molar-refractivity contribution in [2.45, 2.75) is 176 Å². The van der Waals surface area contributed by atoms with E-state index in [1.54, 1.807) is 45.9 Å². The Balaban J connectivity index is -0.00000114. The van der Waals surface area contributed by atoms with Gasteiger partial charge >= 0.3 is 47.8 Å². The third kappa shape index (κ3) is 28.6. The molecule has 0 radical (unpaired) electrons. The summed E-state index contributed by atoms with van der Waals surface area (Å²) in [6, 6.07) is 20.4. The van der Waals surface area contributed by atoms with Gasteiger partial charge in [0.2, 0.25) is 27.2 Å². The fraction of sp³-hybridized carbons (Fsp3) is 0.444. The summed E-state index contributed by atoms with van der Waals surface area (Å²) in [5, 5.41) is 0. The Labute approximate surface area is 536 Å². The summed E-state index contributed by atoms with van der Waals surface area (Å²) in [5.74, 6) is -2.14. The van der Waals surface area contributed by atoms with E-state index in [1.165, 1.54) is 47.4 Å². The zero-order valence-electron chi connectivity index (χ0n) is 52.6. The molecule has 18 heteroatoms. The molecule has 0 atom stereocenters. The molecule has 0 aromatic heterocycles. The lowest BCUT2D eigenvalue weighted by atomic mass is 9.81. The van der Waals surface area contributed by atoms with Crippen LogP contribution in [0, 0.1) is 34.6 Å². The van der Waals surface area contributed by atoms with Crippen LogP contribution in [0.2, 0.25) is 0 Å². The highest BCUT2D eigenvalue weighted by atomic mass is 16.7. The van der Waals surface area contributed by atoms with E-state index in [4.69, 9.17) is 33.2 Å². The maximum Gasteiger partial charge on any atom is 0.335 e. The molecule has 0 saturated carbocycles. The lowest BCUT2D eigenvalue weighted by molar-refractivity contribution is -0.166. The minimum Gasteiger partial charge on any atom is -0.469 e. The fourth-order valence-corrected chi connectivity index (χ4v) is 8.03. The SMILES string of the molecule is C.C.C.C.C=C(C)C(=O)OCOC(=O)CCCC.C=C(C)C(=O)OCOC(=O)CCCc1ccc2c(c1)C(C)(C)c1cc(C)ccc1-2.C=C(C)C(=O)OCOc1ccc(CC(=O)OC)c(C)c1C.C=C(C)C(=O)OCOc1ccc(CC(=O)OCC)c(C)c1C. The standard InChI is InChI=1S/C25H28O4.C17H22O5.C16H20O5.C10H16O4.4CH4/c1-16(2)24(27)29-15-28-23(26)8-6-7-18-10-12-20-19-11-9-17(3)13-21(19)25(4,5)22(20)14-18;1-6-20-16(18)9-14-7-8-15(13(5)12(14)4)21-10-22-17(19)11(2)3;1-10(2)16(18)21-9-20-14-7-6-13(8-15(17)19-5)11(3)12(14)4;1-4-5-6-9(11)13-7-14-10(12)8(2)3;;;;/h9-14H,1,6-8,15H2,2-5H3;7-8H,2,6,9-10H2,1,3-5H3;6-7H,1,8-9H2,2-5H3;2,4-7H2,1,3H3;4*1H4. The highest BCUT2D eigenvalue weighted by Gasteiger charge is 2.35. The van der Waals surface area contributed by atoms with Crippen molar-refractivity contribution in [2.75, 3.05) is 40.9 Å². The topological polar surface area (TPSA) is 229 Å². The first-order valence-corrected chi connectivity index (χ1v) is 28.0. The van der Waals surface area contributed by atoms with Crippen LogP contribution in [0.4, 0.5) is 0 Å². The van der Waals surface area contributed by atoms with Crippen LogP contribution in [-0.2, 0) is 101 Å². The smallest absolute Gasteiger partial charge is 0.335 e. The molecule has 0 unspecified atom stereocenters. The van der Waals surface area contributed by atoms with Crippen molar-refractivity contribution in [1.82, 2.24) is 0 Å². The average molecular weight is 1260 g/mol. The second-order valence-electron chi connectivity index (χ2n) is 20.8. The van der Waals surface area contributed by atoms with Crippen LogP contribution in [0.25, 0.3) is 11.1 Å². The summed E-state index contributed by atoms with van der Waals surface area (Å²) in [6.45, 7) is 37.4. The van der Waals surface area contributed by atoms with Crippen LogP contribution in [0.1, 0.15) is 173 Å². The van der Waals surface area contributed by atoms with E-state index in [9.17, 15) is 38.4 Å². The molecule has 0 fully saturated rings. The minimum atomic E-state index is -0.560. The molecule has 5 rings (SSSR count). The van der Waals surface area contributed by atoms with Crippen LogP contribution in [-0.4, -0.2) is 88.6 Å². The van der Waals surface area contributed by atoms with Gasteiger partial charge in [0.25, 0.3) is 0 Å². The predicted octanol–water partition coefficient (Wildman–Crippen LogP) is 14.9. The normalized spacial score (nSPS) is 10.5. The molecule has 4 aromatic carbocycles. The van der Waals surface area contributed by atoms with Gasteiger partial charge in [-0.25, -0.2) is 19.2 Å². The van der Waals surface area contributed by atoms with Gasteiger partial charge < -0.3 is 47.4 Å². The zero-order chi connectivity index (χ0) is 64.8. The highest BCUT2D eigenvalue weighted by Crippen LogP contribution is 2.49. The van der Waals surface area contributed by atoms with Crippen molar-refractivity contribution in [3.05, 3.63) is 165 Å². The van der Waals surface area contributed by atoms with Gasteiger partial charge in [0.1, 0.15) is 11.5 Å². The molecule has 0 bridgehead atoms. The maximum atomic E-state index is 11.8. The van der Waals surface area contributed by atoms with Crippen molar-refractivity contribution in [3.63, 3.8) is 0 Å². The summed E-state index contributed by atoms with van der Waals surface area (Å²) in [7, 11) is 1.36. The van der Waals surface area contributed by atoms with Crippen LogP contribution < -0.4 is 9.47 Å². The number of fused-ring (bicyclic) bond motifs is 3. The maximum absolute atomic E-state index is 11.8. The first-order chi connectivity index (χ1) is 40.5. The first-order valence-electron chi connectivity index (χ1n) is 28.0. The molecule has 0 amide bonds. The molecule has 0 heterocycles. The third-order valence-electron chi connectivity index (χ3n) is 13.4. The van der Waals surface area contributed by atoms with Crippen LogP contribution in [0.15, 0.2) is 109 Å². The third-order valence-corrected chi connectivity index (χ3v) is 13.4. The molecule has 0 spiro atoms. The number of hydrogen-bond donors (Lipinski definition) is 0. The summed E-state index contributed by atoms with van der Waals surface area (Å²) in [4.78, 5) is 90.2. The predicted molar refractivity (Wildman–Crippen MR) is 353 cm³/mol. The van der Waals surface area contributed by atoms with E-state index in [2.05, 4.69) is 97.7 Å². The summed E-state index contributed by atoms with van der Waals surface area (Å²) in [6.07, 6.45) is 4.27. The van der Waals surface area contributed by atoms with E-state index in [0.717, 1.165) is 52.6 Å². The Morgan fingerprint density at radius 3 is 1.23 bits per heavy atom. The molecule has 1 aliphatic rings. The Kier molecular flexibility index (Phi) is 40.8. The summed E-state index contributed by atoms with van der Waals surface area (Å²) < 4.78 is 49.2. The molecule has 0 aliphatic heterocycles. The van der Waals surface area contributed by atoms with E-state index >= 15 is 0 Å². The van der Waals surface area contributed by atoms with Crippen LogP contribution in [0.5, 0.6) is 11.5 Å². The summed E-state index contributed by atoms with van der Waals surface area (Å²) in [5.41, 5.74) is 14.4. The number of methoxy groups -OCH3 is 1. The monoisotopic (exact) mass is 1250 g/mol. The second-order valence-corrected chi connectivity index (χ2v) is 20.8. The van der Waals surface area contributed by atoms with Gasteiger partial charge in [-0.3, -0.25) is 19.2 Å². The lowest BCUT2D eigenvalue weighted by Crippen LogP contribution is -2.15. The Morgan fingerprint density at radius 2 is 0.833 bits per heavy atom. The molecular weight excluding hydrogens is 1150 g/mol. The lowest BCUT2D eigenvalue weighted by Gasteiger charge is -2.22. The second kappa shape index (κ2) is 43.0. The van der Waals surface area contributed by atoms with Gasteiger partial charge in [-0.1, -0.05) is 137 Å². The van der Waals surface area contributed by atoms with E-state index in [1.807, 2.05) is 40.7 Å². The largest absolute Gasteiger partial charge is 0.469 e. The van der Waals surface area contributed by atoms with E-state index in [-0.39, 0.29) is 117 Å². The van der Waals surface area contributed by atoms with Crippen molar-refractivity contribution in [3.8, 4) is 22.6 Å². The molecule has 90 heavy (non-hydrogen) atoms. The molecule has 0 N–H and O–H groups in total. The van der Waals surface area contributed by atoms with Crippen molar-refractivity contribution in [1.29, 1.82) is 0 Å². The number of benzene rings is 4. The molecule has 1 aliphatic carbocycles. The van der Waals surface area contributed by atoms with Crippen molar-refractivity contribution in [2.24, 2.45) is 0 Å². The number of unbranched alkanes of at least 4 members (excludes halogenated alkanes) is 1. The first kappa shape index (κ1) is 85.4. The van der Waals surface area contributed by atoms with Gasteiger partial charge in [-0.15, -0.1) is 0 Å². The van der Waals surface area contributed by atoms with Gasteiger partial charge in [0.05, 0.1) is 26.6 Å². The molecule has 0 saturated heterocycles. The van der Waals surface area contributed by atoms with E-state index in [0.29, 0.717) is 42.1 Å². The molecule has 4 aromatic rings. The van der Waals surface area contributed by atoms with Gasteiger partial charge in [-0.05, 0) is 162 Å². The number of esters is 8. The van der Waals surface area contributed by atoms with Crippen LogP contribution >= 0.6 is 0 Å². The summed E-state index contributed by atoms with van der Waals surface area (Å²) >= 11 is 0. The Bertz CT molecular complexity index is 3100. The average Bonchev–Trinajstić information content (AvgIpc) is 1.63. The number of aryl methyl sites for hydroxylation is 2. The molecule has 18 nitrogen and oxygen atoms in total. The quantitative estimate of drug-likeness (QED) is 0.0246. The fourth-order valence-electron chi connectivity index (χ4n) is 8.03. The minimum absolute atomic E-state index is 0. The number of hydrogen-bond acceptors (Lipinski definition) is 18. The number of carbonyl (C=O) groups excluding carboxylic acids is 8. The van der Waals surface area contributed by atoms with Crippen molar-refractivity contribution < 1.29 is 85.7 Å². The zero-order valence-corrected chi connectivity index (χ0v) is 52.6. The van der Waals surface area contributed by atoms with Crippen molar-refractivity contribution >= 4 is 47.8 Å². The number of ether oxygens (including phenoxy) is 10. The Hall–Kier alpha value is -8.80. The van der Waals surface area contributed by atoms with Crippen LogP contribution in [0.3, 0.4) is 0 Å². The van der Waals surface area contributed by atoms with Gasteiger partial charge in [0.15, 0.2) is 0 Å². The molecule has 498 valence electrons. The van der Waals surface area contributed by atoms with Gasteiger partial charge in [-0.2, -0.15) is 0 Å². The van der Waals surface area contributed by atoms with Gasteiger partial charge in [0, 0.05) is 40.5 Å².